The van der Waals surface area contributed by atoms with Gasteiger partial charge in [0.05, 0.1) is 17.4 Å². The summed E-state index contributed by atoms with van der Waals surface area (Å²) in [6, 6.07) is 11.1. The van der Waals surface area contributed by atoms with Crippen molar-refractivity contribution in [2.75, 3.05) is 26.2 Å². The second-order valence-corrected chi connectivity index (χ2v) is 13.7. The molecule has 2 aliphatic rings. The van der Waals surface area contributed by atoms with Gasteiger partial charge in [0.15, 0.2) is 5.65 Å². The van der Waals surface area contributed by atoms with Gasteiger partial charge >= 0.3 is 11.8 Å². The van der Waals surface area contributed by atoms with Gasteiger partial charge in [-0.15, -0.1) is 0 Å². The highest BCUT2D eigenvalue weighted by Crippen LogP contribution is 2.39. The van der Waals surface area contributed by atoms with Gasteiger partial charge in [-0.3, -0.25) is 14.3 Å². The summed E-state index contributed by atoms with van der Waals surface area (Å²) in [5.74, 6) is 0.297. The van der Waals surface area contributed by atoms with Crippen molar-refractivity contribution in [1.29, 1.82) is 0 Å². The summed E-state index contributed by atoms with van der Waals surface area (Å²) in [6.07, 6.45) is 6.18. The minimum absolute atomic E-state index is 0.0342. The summed E-state index contributed by atoms with van der Waals surface area (Å²) in [5.41, 5.74) is 2.59. The minimum Gasteiger partial charge on any atom is -0.472 e. The van der Waals surface area contributed by atoms with Crippen LogP contribution in [0.25, 0.3) is 33.3 Å². The number of halogens is 1. The van der Waals surface area contributed by atoms with Crippen LogP contribution < -0.4 is 10.4 Å². The van der Waals surface area contributed by atoms with E-state index in [0.717, 1.165) is 16.6 Å². The third-order valence-electron chi connectivity index (χ3n) is 8.84. The van der Waals surface area contributed by atoms with Crippen LogP contribution in [0.1, 0.15) is 46.1 Å². The summed E-state index contributed by atoms with van der Waals surface area (Å²) < 4.78 is 15.6. The fraction of sp³-hybridized carbons (Fsp3) is 0.412. The number of amides is 2. The topological polar surface area (TPSA) is 140 Å². The molecule has 5 aromatic rings. The molecule has 250 valence electrons. The number of ether oxygens (including phenoxy) is 2. The molecule has 6 heterocycles. The quantitative estimate of drug-likeness (QED) is 0.265. The molecule has 1 aromatic carbocycles. The molecular formula is C34H37ClN8O5. The summed E-state index contributed by atoms with van der Waals surface area (Å²) in [6.45, 7) is 7.46. The Hall–Kier alpha value is -4.91. The van der Waals surface area contributed by atoms with E-state index in [0.29, 0.717) is 73.0 Å². The molecule has 0 aliphatic carbocycles. The monoisotopic (exact) mass is 672 g/mol. The van der Waals surface area contributed by atoms with Gasteiger partial charge in [0.2, 0.25) is 11.8 Å². The van der Waals surface area contributed by atoms with Crippen LogP contribution in [0.4, 0.5) is 4.79 Å². The molecule has 2 fully saturated rings. The number of H-pyrrole nitrogens is 1. The summed E-state index contributed by atoms with van der Waals surface area (Å²) >= 11 is 6.67. The molecule has 1 unspecified atom stereocenters. The number of imidazole rings is 1. The molecule has 14 heteroatoms. The van der Waals surface area contributed by atoms with Crippen LogP contribution in [0, 0.1) is 0 Å². The molecule has 0 saturated carbocycles. The molecule has 1 N–H and O–H groups in total. The van der Waals surface area contributed by atoms with E-state index in [2.05, 4.69) is 19.9 Å². The summed E-state index contributed by atoms with van der Waals surface area (Å²) in [5, 5.41) is 1.18. The van der Waals surface area contributed by atoms with E-state index < -0.39 is 5.60 Å². The third-order valence-corrected chi connectivity index (χ3v) is 9.17. The van der Waals surface area contributed by atoms with E-state index in [1.807, 2.05) is 72.8 Å². The number of nitrogens with one attached hydrogen (secondary N) is 1. The predicted molar refractivity (Wildman–Crippen MR) is 180 cm³/mol. The number of nitrogens with zero attached hydrogens (tertiary/aromatic N) is 7. The smallest absolute Gasteiger partial charge is 0.410 e. The normalized spacial score (nSPS) is 17.4. The number of rotatable bonds is 6. The van der Waals surface area contributed by atoms with Gasteiger partial charge < -0.3 is 23.8 Å². The maximum Gasteiger partial charge on any atom is 0.410 e. The van der Waals surface area contributed by atoms with Crippen LogP contribution >= 0.6 is 11.6 Å². The molecule has 0 radical (unpaired) electrons. The van der Waals surface area contributed by atoms with E-state index >= 15 is 0 Å². The Morgan fingerprint density at radius 1 is 0.979 bits per heavy atom. The van der Waals surface area contributed by atoms with Crippen molar-refractivity contribution in [2.24, 2.45) is 0 Å². The number of pyridine rings is 1. The maximum atomic E-state index is 13.7. The lowest BCUT2D eigenvalue weighted by Crippen LogP contribution is -2.41. The van der Waals surface area contributed by atoms with Crippen molar-refractivity contribution in [3.8, 4) is 17.0 Å². The molecule has 13 nitrogen and oxygen atoms in total. The Morgan fingerprint density at radius 3 is 2.52 bits per heavy atom. The first-order valence-electron chi connectivity index (χ1n) is 16.1. The van der Waals surface area contributed by atoms with Crippen LogP contribution in [0.3, 0.4) is 0 Å². The zero-order valence-electron chi connectivity index (χ0n) is 27.1. The molecule has 2 amide bonds. The number of fused-ring (bicyclic) bond motifs is 2. The van der Waals surface area contributed by atoms with Crippen LogP contribution in [-0.2, 0) is 16.1 Å². The first kappa shape index (κ1) is 31.7. The van der Waals surface area contributed by atoms with E-state index in [1.165, 1.54) is 6.33 Å². The highest BCUT2D eigenvalue weighted by atomic mass is 35.5. The third kappa shape index (κ3) is 6.21. The standard InChI is InChI=1S/C34H37ClN8O5/c1-34(2,3)48-33(46)41-16-12-22(17-41)47-31-28-24(23-7-4-5-8-25(23)35)18-42(30(28)37-20-38-31)19-27(44)40-14-10-21(11-15-40)43-26-9-6-13-36-29(26)39-32(43)45/h4-9,13,18,20-22H,10-12,14-17,19H2,1-3H3,(H,36,39,45). The zero-order chi connectivity index (χ0) is 33.6. The Bertz CT molecular complexity index is 2060. The zero-order valence-corrected chi connectivity index (χ0v) is 27.8. The number of hydrogen-bond donors (Lipinski definition) is 1. The number of carbonyl (C=O) groups is 2. The Kier molecular flexibility index (Phi) is 8.32. The largest absolute Gasteiger partial charge is 0.472 e. The van der Waals surface area contributed by atoms with E-state index in [9.17, 15) is 14.4 Å². The SMILES string of the molecule is CC(C)(C)OC(=O)N1CCC(Oc2ncnc3c2c(-c2ccccc2Cl)cn3CC(=O)N2CCC(n3c(=O)[nH]c4ncccc43)CC2)C1. The second kappa shape index (κ2) is 12.6. The van der Waals surface area contributed by atoms with Crippen molar-refractivity contribution >= 4 is 45.8 Å². The van der Waals surface area contributed by atoms with Gasteiger partial charge in [0, 0.05) is 60.6 Å². The summed E-state index contributed by atoms with van der Waals surface area (Å²) in [7, 11) is 0. The van der Waals surface area contributed by atoms with Gasteiger partial charge in [-0.1, -0.05) is 29.8 Å². The molecule has 0 bridgehead atoms. The molecule has 0 spiro atoms. The van der Waals surface area contributed by atoms with E-state index in [1.54, 1.807) is 15.7 Å². The average molecular weight is 673 g/mol. The molecule has 4 aromatic heterocycles. The molecule has 2 aliphatic heterocycles. The first-order chi connectivity index (χ1) is 23.1. The van der Waals surface area contributed by atoms with Gasteiger partial charge in [-0.05, 0) is 51.8 Å². The highest BCUT2D eigenvalue weighted by Gasteiger charge is 2.33. The van der Waals surface area contributed by atoms with Gasteiger partial charge in [0.25, 0.3) is 0 Å². The number of aromatic amines is 1. The van der Waals surface area contributed by atoms with Crippen molar-refractivity contribution in [3.63, 3.8) is 0 Å². The van der Waals surface area contributed by atoms with Crippen LogP contribution in [0.5, 0.6) is 5.88 Å². The minimum atomic E-state index is -0.594. The Morgan fingerprint density at radius 2 is 1.75 bits per heavy atom. The number of hydrogen-bond acceptors (Lipinski definition) is 8. The molecular weight excluding hydrogens is 636 g/mol. The average Bonchev–Trinajstić information content (AvgIpc) is 3.76. The second-order valence-electron chi connectivity index (χ2n) is 13.3. The Labute approximate surface area is 281 Å². The molecule has 48 heavy (non-hydrogen) atoms. The number of carbonyl (C=O) groups excluding carboxylic acids is 2. The first-order valence-corrected chi connectivity index (χ1v) is 16.5. The maximum absolute atomic E-state index is 13.7. The van der Waals surface area contributed by atoms with Gasteiger partial charge in [-0.2, -0.15) is 0 Å². The van der Waals surface area contributed by atoms with Crippen LogP contribution in [0.15, 0.2) is 59.9 Å². The molecule has 1 atom stereocenters. The van der Waals surface area contributed by atoms with Crippen molar-refractivity contribution in [3.05, 3.63) is 70.6 Å². The highest BCUT2D eigenvalue weighted by molar-refractivity contribution is 6.33. The lowest BCUT2D eigenvalue weighted by atomic mass is 10.0. The Balaban J connectivity index is 1.12. The van der Waals surface area contributed by atoms with Crippen LogP contribution in [-0.4, -0.2) is 88.8 Å². The number of likely N-dealkylation sites (tertiary alicyclic amines) is 2. The van der Waals surface area contributed by atoms with Crippen molar-refractivity contribution in [2.45, 2.75) is 64.3 Å². The van der Waals surface area contributed by atoms with Crippen LogP contribution in [0.2, 0.25) is 5.02 Å². The van der Waals surface area contributed by atoms with E-state index in [-0.39, 0.29) is 36.4 Å². The fourth-order valence-electron chi connectivity index (χ4n) is 6.60. The lowest BCUT2D eigenvalue weighted by Gasteiger charge is -2.32. The van der Waals surface area contributed by atoms with Gasteiger partial charge in [0.1, 0.15) is 30.2 Å². The molecule has 2 saturated heterocycles. The summed E-state index contributed by atoms with van der Waals surface area (Å²) in [4.78, 5) is 58.8. The fourth-order valence-corrected chi connectivity index (χ4v) is 6.84. The lowest BCUT2D eigenvalue weighted by molar-refractivity contribution is -0.133. The van der Waals surface area contributed by atoms with Crippen molar-refractivity contribution in [1.82, 2.24) is 38.9 Å². The number of benzene rings is 1. The number of aromatic nitrogens is 6. The number of piperidine rings is 1. The van der Waals surface area contributed by atoms with Crippen molar-refractivity contribution < 1.29 is 19.1 Å². The molecule has 7 rings (SSSR count). The van der Waals surface area contributed by atoms with Gasteiger partial charge in [-0.25, -0.2) is 24.5 Å². The predicted octanol–water partition coefficient (Wildman–Crippen LogP) is 5.04. The van der Waals surface area contributed by atoms with E-state index in [4.69, 9.17) is 21.1 Å².